The van der Waals surface area contributed by atoms with Crippen LogP contribution in [0.5, 0.6) is 5.88 Å². The average molecular weight is 225 g/mol. The van der Waals surface area contributed by atoms with E-state index in [1.165, 1.54) is 6.07 Å². The van der Waals surface area contributed by atoms with E-state index in [4.69, 9.17) is 21.6 Å². The van der Waals surface area contributed by atoms with Crippen LogP contribution in [-0.2, 0) is 0 Å². The van der Waals surface area contributed by atoms with Gasteiger partial charge in [0.25, 0.3) is 0 Å². The Bertz CT molecular complexity index is 396. The number of halogens is 1. The van der Waals surface area contributed by atoms with Crippen LogP contribution in [0.3, 0.4) is 0 Å². The highest BCUT2D eigenvalue weighted by molar-refractivity contribution is 6.29. The van der Waals surface area contributed by atoms with E-state index >= 15 is 0 Å². The molecule has 0 aromatic carbocycles. The van der Waals surface area contributed by atoms with Gasteiger partial charge in [-0.05, 0) is 26.3 Å². The first-order valence-corrected chi connectivity index (χ1v) is 5.11. The zero-order valence-electron chi connectivity index (χ0n) is 9.04. The molecule has 0 radical (unpaired) electrons. The van der Waals surface area contributed by atoms with Crippen LogP contribution >= 0.6 is 11.6 Å². The van der Waals surface area contributed by atoms with Gasteiger partial charge >= 0.3 is 0 Å². The Hall–Kier alpha value is -1.27. The number of hydrogen-bond acceptors (Lipinski definition) is 3. The molecule has 4 heteroatoms. The molecule has 0 aliphatic rings. The molecule has 80 valence electrons. The third kappa shape index (κ3) is 3.41. The predicted octanol–water partition coefficient (Wildman–Crippen LogP) is 3.17. The van der Waals surface area contributed by atoms with Crippen molar-refractivity contribution in [1.29, 1.82) is 5.26 Å². The van der Waals surface area contributed by atoms with Crippen LogP contribution in [-0.4, -0.2) is 10.6 Å². The topological polar surface area (TPSA) is 45.9 Å². The van der Waals surface area contributed by atoms with Crippen molar-refractivity contribution < 1.29 is 4.74 Å². The molecule has 0 atom stereocenters. The Morgan fingerprint density at radius 2 is 2.20 bits per heavy atom. The van der Waals surface area contributed by atoms with Crippen molar-refractivity contribution >= 4 is 11.6 Å². The molecule has 0 unspecified atom stereocenters. The maximum atomic E-state index is 8.75. The van der Waals surface area contributed by atoms with Gasteiger partial charge in [-0.3, -0.25) is 0 Å². The number of ether oxygens (including phenoxy) is 1. The van der Waals surface area contributed by atoms with Crippen LogP contribution in [0.15, 0.2) is 12.1 Å². The molecular formula is C11H13ClN2O. The lowest BCUT2D eigenvalue weighted by Crippen LogP contribution is -2.27. The van der Waals surface area contributed by atoms with Gasteiger partial charge in [-0.15, -0.1) is 0 Å². The molecule has 1 aromatic heterocycles. The fraction of sp³-hybridized carbons (Fsp3) is 0.455. The second-order valence-corrected chi connectivity index (χ2v) is 4.23. The summed E-state index contributed by atoms with van der Waals surface area (Å²) >= 11 is 5.76. The summed E-state index contributed by atoms with van der Waals surface area (Å²) in [7, 11) is 0. The zero-order valence-corrected chi connectivity index (χ0v) is 9.80. The molecule has 1 aromatic rings. The van der Waals surface area contributed by atoms with Gasteiger partial charge < -0.3 is 4.74 Å². The van der Waals surface area contributed by atoms with Crippen molar-refractivity contribution in [2.45, 2.75) is 32.8 Å². The van der Waals surface area contributed by atoms with Crippen molar-refractivity contribution in [2.75, 3.05) is 0 Å². The van der Waals surface area contributed by atoms with Crippen molar-refractivity contribution in [3.8, 4) is 11.9 Å². The van der Waals surface area contributed by atoms with Crippen LogP contribution in [0.25, 0.3) is 0 Å². The lowest BCUT2D eigenvalue weighted by atomic mass is 10.1. The molecule has 0 aliphatic heterocycles. The summed E-state index contributed by atoms with van der Waals surface area (Å²) in [6.07, 6.45) is 0.850. The van der Waals surface area contributed by atoms with E-state index in [9.17, 15) is 0 Å². The third-order valence-corrected chi connectivity index (χ3v) is 2.33. The molecule has 0 fully saturated rings. The summed E-state index contributed by atoms with van der Waals surface area (Å²) in [6, 6.07) is 5.10. The van der Waals surface area contributed by atoms with Crippen LogP contribution in [0.1, 0.15) is 32.8 Å². The van der Waals surface area contributed by atoms with E-state index < -0.39 is 0 Å². The van der Waals surface area contributed by atoms with Crippen molar-refractivity contribution in [1.82, 2.24) is 4.98 Å². The Morgan fingerprint density at radius 3 is 2.73 bits per heavy atom. The molecule has 0 amide bonds. The summed E-state index contributed by atoms with van der Waals surface area (Å²) in [5, 5.41) is 9.02. The summed E-state index contributed by atoms with van der Waals surface area (Å²) in [6.45, 7) is 5.94. The highest BCUT2D eigenvalue weighted by Crippen LogP contribution is 2.22. The van der Waals surface area contributed by atoms with E-state index in [0.29, 0.717) is 11.4 Å². The monoisotopic (exact) mass is 224 g/mol. The summed E-state index contributed by atoms with van der Waals surface area (Å²) in [5.74, 6) is 0.394. The number of pyridine rings is 1. The van der Waals surface area contributed by atoms with E-state index in [2.05, 4.69) is 4.98 Å². The SMILES string of the molecule is CCC(C)(C)Oc1cc(C#N)cc(Cl)n1. The Kier molecular flexibility index (Phi) is 3.54. The number of rotatable bonds is 3. The average Bonchev–Trinajstić information content (AvgIpc) is 2.16. The van der Waals surface area contributed by atoms with Crippen molar-refractivity contribution in [3.63, 3.8) is 0 Å². The molecule has 0 bridgehead atoms. The van der Waals surface area contributed by atoms with Gasteiger partial charge in [-0.1, -0.05) is 18.5 Å². The van der Waals surface area contributed by atoms with Crippen LogP contribution in [0, 0.1) is 11.3 Å². The molecule has 1 rings (SSSR count). The van der Waals surface area contributed by atoms with Gasteiger partial charge in [0.05, 0.1) is 11.6 Å². The minimum absolute atomic E-state index is 0.274. The summed E-state index contributed by atoms with van der Waals surface area (Å²) < 4.78 is 5.63. The van der Waals surface area contributed by atoms with Gasteiger partial charge in [0, 0.05) is 6.07 Å². The van der Waals surface area contributed by atoms with Crippen LogP contribution in [0.2, 0.25) is 5.15 Å². The quantitative estimate of drug-likeness (QED) is 0.741. The van der Waals surface area contributed by atoms with E-state index in [-0.39, 0.29) is 10.8 Å². The van der Waals surface area contributed by atoms with Gasteiger partial charge in [-0.2, -0.15) is 5.26 Å². The standard InChI is InChI=1S/C11H13ClN2O/c1-4-11(2,3)15-10-6-8(7-13)5-9(12)14-10/h5-6H,4H2,1-3H3. The molecule has 1 heterocycles. The lowest BCUT2D eigenvalue weighted by molar-refractivity contribution is 0.0990. The summed E-state index contributed by atoms with van der Waals surface area (Å²) in [5.41, 5.74) is 0.154. The van der Waals surface area contributed by atoms with Gasteiger partial charge in [0.2, 0.25) is 5.88 Å². The van der Waals surface area contributed by atoms with Crippen molar-refractivity contribution in [3.05, 3.63) is 22.8 Å². The van der Waals surface area contributed by atoms with Gasteiger partial charge in [0.1, 0.15) is 10.8 Å². The zero-order chi connectivity index (χ0) is 11.5. The Labute approximate surface area is 94.7 Å². The molecule has 0 aliphatic carbocycles. The molecular weight excluding hydrogens is 212 g/mol. The molecule has 0 N–H and O–H groups in total. The lowest BCUT2D eigenvalue weighted by Gasteiger charge is -2.24. The smallest absolute Gasteiger partial charge is 0.216 e. The molecule has 0 saturated heterocycles. The van der Waals surface area contributed by atoms with Gasteiger partial charge in [0.15, 0.2) is 0 Å². The number of nitriles is 1. The highest BCUT2D eigenvalue weighted by Gasteiger charge is 2.18. The Balaban J connectivity index is 2.96. The second kappa shape index (κ2) is 4.50. The number of aromatic nitrogens is 1. The first-order chi connectivity index (χ1) is 6.96. The normalized spacial score (nSPS) is 10.9. The maximum Gasteiger partial charge on any atom is 0.216 e. The molecule has 3 nitrogen and oxygen atoms in total. The fourth-order valence-corrected chi connectivity index (χ4v) is 1.15. The first-order valence-electron chi connectivity index (χ1n) is 4.73. The maximum absolute atomic E-state index is 8.75. The van der Waals surface area contributed by atoms with Crippen LogP contribution < -0.4 is 4.74 Å². The van der Waals surface area contributed by atoms with E-state index in [1.807, 2.05) is 26.8 Å². The van der Waals surface area contributed by atoms with Crippen molar-refractivity contribution in [2.24, 2.45) is 0 Å². The number of hydrogen-bond donors (Lipinski definition) is 0. The van der Waals surface area contributed by atoms with Crippen LogP contribution in [0.4, 0.5) is 0 Å². The largest absolute Gasteiger partial charge is 0.472 e. The van der Waals surface area contributed by atoms with E-state index in [1.54, 1.807) is 6.07 Å². The molecule has 15 heavy (non-hydrogen) atoms. The fourth-order valence-electron chi connectivity index (χ4n) is 0.945. The minimum Gasteiger partial charge on any atom is -0.472 e. The number of nitrogens with zero attached hydrogens (tertiary/aromatic N) is 2. The molecule has 0 saturated carbocycles. The van der Waals surface area contributed by atoms with Gasteiger partial charge in [-0.25, -0.2) is 4.98 Å². The second-order valence-electron chi connectivity index (χ2n) is 3.84. The Morgan fingerprint density at radius 1 is 1.53 bits per heavy atom. The highest BCUT2D eigenvalue weighted by atomic mass is 35.5. The van der Waals surface area contributed by atoms with E-state index in [0.717, 1.165) is 6.42 Å². The summed E-state index contributed by atoms with van der Waals surface area (Å²) in [4.78, 5) is 4.01. The minimum atomic E-state index is -0.301. The predicted molar refractivity (Wildman–Crippen MR) is 59.0 cm³/mol. The third-order valence-electron chi connectivity index (χ3n) is 2.13. The molecule has 0 spiro atoms. The first kappa shape index (κ1) is 11.8.